The topological polar surface area (TPSA) is 78.9 Å². The molecule has 0 aromatic heterocycles. The lowest BCUT2D eigenvalue weighted by Crippen LogP contribution is -2.30. The predicted molar refractivity (Wildman–Crippen MR) is 288 cm³/mol. The summed E-state index contributed by atoms with van der Waals surface area (Å²) >= 11 is 0. The molecule has 372 valence electrons. The van der Waals surface area contributed by atoms with Gasteiger partial charge in [-0.3, -0.25) is 14.4 Å². The average molecular weight is 921 g/mol. The van der Waals surface area contributed by atoms with Crippen LogP contribution in [0.5, 0.6) is 0 Å². The van der Waals surface area contributed by atoms with Gasteiger partial charge in [0.05, 0.1) is 0 Å². The van der Waals surface area contributed by atoms with E-state index in [1.54, 1.807) is 0 Å². The van der Waals surface area contributed by atoms with Crippen LogP contribution in [0.3, 0.4) is 0 Å². The van der Waals surface area contributed by atoms with Crippen LogP contribution in [0.25, 0.3) is 0 Å². The average Bonchev–Trinajstić information content (AvgIpc) is 3.33. The van der Waals surface area contributed by atoms with Crippen molar-refractivity contribution < 1.29 is 28.6 Å². The van der Waals surface area contributed by atoms with Gasteiger partial charge in [-0.2, -0.15) is 0 Å². The highest BCUT2D eigenvalue weighted by molar-refractivity contribution is 5.71. The second-order valence-electron chi connectivity index (χ2n) is 16.4. The minimum atomic E-state index is -0.849. The third-order valence-corrected chi connectivity index (χ3v) is 10.1. The molecule has 0 N–H and O–H groups in total. The van der Waals surface area contributed by atoms with Gasteiger partial charge in [0.15, 0.2) is 6.10 Å². The SMILES string of the molecule is CC/C=C/C=C/C=C/C=C/C=C/CCCC(=O)OCC(COC(=O)CC/C=C/C/C=C/C/C=C/C/C=C/C/C=C/C/C=C/CC)OC(=O)CCCCCCCCC/C=C/C/C=C/CCCCC. The van der Waals surface area contributed by atoms with Gasteiger partial charge >= 0.3 is 17.9 Å². The fourth-order valence-electron chi connectivity index (χ4n) is 6.29. The van der Waals surface area contributed by atoms with Crippen LogP contribution in [0.1, 0.15) is 188 Å². The van der Waals surface area contributed by atoms with Crippen LogP contribution in [0.15, 0.2) is 158 Å². The Bertz CT molecular complexity index is 1570. The zero-order valence-electron chi connectivity index (χ0n) is 42.3. The van der Waals surface area contributed by atoms with Gasteiger partial charge in [-0.25, -0.2) is 0 Å². The van der Waals surface area contributed by atoms with Crippen LogP contribution >= 0.6 is 0 Å². The molecule has 0 saturated carbocycles. The van der Waals surface area contributed by atoms with E-state index in [1.807, 2.05) is 66.8 Å². The van der Waals surface area contributed by atoms with Gasteiger partial charge in [0.2, 0.25) is 0 Å². The van der Waals surface area contributed by atoms with Crippen LogP contribution < -0.4 is 0 Å². The zero-order chi connectivity index (χ0) is 48.6. The molecule has 0 spiro atoms. The number of ether oxygens (including phenoxy) is 3. The minimum absolute atomic E-state index is 0.149. The van der Waals surface area contributed by atoms with Crippen molar-refractivity contribution in [3.05, 3.63) is 158 Å². The quantitative estimate of drug-likeness (QED) is 0.0199. The van der Waals surface area contributed by atoms with Crippen LogP contribution in [-0.2, 0) is 28.6 Å². The molecule has 6 nitrogen and oxygen atoms in total. The number of carbonyl (C=O) groups excluding carboxylic acids is 3. The number of hydrogen-bond donors (Lipinski definition) is 0. The van der Waals surface area contributed by atoms with Crippen LogP contribution in [0.2, 0.25) is 0 Å². The van der Waals surface area contributed by atoms with Crippen molar-refractivity contribution in [1.29, 1.82) is 0 Å². The summed E-state index contributed by atoms with van der Waals surface area (Å²) in [5, 5.41) is 0. The molecule has 0 heterocycles. The second-order valence-corrected chi connectivity index (χ2v) is 16.4. The number of esters is 3. The van der Waals surface area contributed by atoms with E-state index in [0.717, 1.165) is 89.9 Å². The Morgan fingerprint density at radius 3 is 1.21 bits per heavy atom. The van der Waals surface area contributed by atoms with Gasteiger partial charge in [-0.05, 0) is 103 Å². The van der Waals surface area contributed by atoms with Gasteiger partial charge in [0.1, 0.15) is 13.2 Å². The summed E-state index contributed by atoms with van der Waals surface area (Å²) in [6.07, 6.45) is 78.2. The standard InChI is InChI=1S/C61H92O6/c1-4-7-10-13-16-19-22-25-27-29-30-32-33-36-39-42-45-48-51-54-60(63)66-57-58(56-65-59(62)53-50-47-44-41-38-35-24-21-18-15-12-9-6-3)67-61(64)55-52-49-46-43-40-37-34-31-28-26-23-20-17-14-11-8-5-2/h7,9-10,12,15-21,24-28,30,32,35-36,38-39,41,44-45,48,58H,4-6,8,11,13-14,22-23,29,31,33-34,37,40,42-43,46-47,49-57H2,1-3H3/b10-7+,12-9+,18-15+,19-16+,20-17+,24-21+,27-25+,28-26+,32-30+,38-35+,39-36+,44-41+,48-45+. The molecule has 0 aliphatic heterocycles. The molecule has 0 aromatic carbocycles. The summed E-state index contributed by atoms with van der Waals surface area (Å²) in [6, 6.07) is 0. The number of allylic oxidation sites excluding steroid dienone is 26. The van der Waals surface area contributed by atoms with E-state index < -0.39 is 6.10 Å². The van der Waals surface area contributed by atoms with Gasteiger partial charge in [0.25, 0.3) is 0 Å². The summed E-state index contributed by atoms with van der Waals surface area (Å²) in [6.45, 7) is 6.19. The third-order valence-electron chi connectivity index (χ3n) is 10.1. The Labute approximate surface area is 409 Å². The molecule has 0 aromatic rings. The van der Waals surface area contributed by atoms with Gasteiger partial charge in [-0.1, -0.05) is 224 Å². The predicted octanol–water partition coefficient (Wildman–Crippen LogP) is 17.4. The molecule has 0 amide bonds. The van der Waals surface area contributed by atoms with Crippen molar-refractivity contribution in [2.24, 2.45) is 0 Å². The van der Waals surface area contributed by atoms with E-state index in [1.165, 1.54) is 44.9 Å². The maximum absolute atomic E-state index is 12.8. The molecule has 0 rings (SSSR count). The molecule has 6 heteroatoms. The van der Waals surface area contributed by atoms with Gasteiger partial charge < -0.3 is 14.2 Å². The molecule has 1 atom stereocenters. The first-order valence-electron chi connectivity index (χ1n) is 26.1. The van der Waals surface area contributed by atoms with Crippen molar-refractivity contribution in [1.82, 2.24) is 0 Å². The first-order valence-corrected chi connectivity index (χ1v) is 26.1. The van der Waals surface area contributed by atoms with Crippen molar-refractivity contribution in [3.8, 4) is 0 Å². The third kappa shape index (κ3) is 51.9. The maximum Gasteiger partial charge on any atom is 0.306 e. The maximum atomic E-state index is 12.8. The van der Waals surface area contributed by atoms with E-state index >= 15 is 0 Å². The fraction of sp³-hybridized carbons (Fsp3) is 0.525. The zero-order valence-corrected chi connectivity index (χ0v) is 42.3. The highest BCUT2D eigenvalue weighted by Gasteiger charge is 2.19. The molecular weight excluding hydrogens is 829 g/mol. The molecule has 1 unspecified atom stereocenters. The smallest absolute Gasteiger partial charge is 0.306 e. The first-order chi connectivity index (χ1) is 33.0. The molecular formula is C61H92O6. The molecule has 0 aliphatic carbocycles. The number of unbranched alkanes of at least 4 members (excludes halogenated alkanes) is 11. The van der Waals surface area contributed by atoms with Crippen molar-refractivity contribution in [3.63, 3.8) is 0 Å². The lowest BCUT2D eigenvalue weighted by atomic mass is 10.1. The van der Waals surface area contributed by atoms with E-state index in [-0.39, 0.29) is 50.4 Å². The minimum Gasteiger partial charge on any atom is -0.462 e. The highest BCUT2D eigenvalue weighted by atomic mass is 16.6. The molecule has 0 saturated heterocycles. The van der Waals surface area contributed by atoms with Gasteiger partial charge in [0, 0.05) is 19.3 Å². The van der Waals surface area contributed by atoms with Crippen molar-refractivity contribution >= 4 is 17.9 Å². The summed E-state index contributed by atoms with van der Waals surface area (Å²) in [5.41, 5.74) is 0. The van der Waals surface area contributed by atoms with Gasteiger partial charge in [-0.15, -0.1) is 0 Å². The molecule has 67 heavy (non-hydrogen) atoms. The second kappa shape index (κ2) is 53.6. The lowest BCUT2D eigenvalue weighted by molar-refractivity contribution is -0.166. The largest absolute Gasteiger partial charge is 0.462 e. The molecule has 0 radical (unpaired) electrons. The normalized spacial score (nSPS) is 13.4. The summed E-state index contributed by atoms with van der Waals surface area (Å²) < 4.78 is 16.6. The van der Waals surface area contributed by atoms with E-state index in [4.69, 9.17) is 14.2 Å². The first kappa shape index (κ1) is 62.0. The fourth-order valence-corrected chi connectivity index (χ4v) is 6.29. The Morgan fingerprint density at radius 1 is 0.328 bits per heavy atom. The van der Waals surface area contributed by atoms with Crippen molar-refractivity contribution in [2.45, 2.75) is 194 Å². The Morgan fingerprint density at radius 2 is 0.701 bits per heavy atom. The number of rotatable bonds is 44. The molecule has 0 aliphatic rings. The van der Waals surface area contributed by atoms with Crippen LogP contribution in [-0.4, -0.2) is 37.2 Å². The number of hydrogen-bond acceptors (Lipinski definition) is 6. The molecule has 0 bridgehead atoms. The van der Waals surface area contributed by atoms with Crippen LogP contribution in [0.4, 0.5) is 0 Å². The molecule has 0 fully saturated rings. The van der Waals surface area contributed by atoms with Crippen LogP contribution in [0, 0.1) is 0 Å². The summed E-state index contributed by atoms with van der Waals surface area (Å²) in [5.74, 6) is -1.12. The Kier molecular flexibility index (Phi) is 49.7. The van der Waals surface area contributed by atoms with Crippen molar-refractivity contribution in [2.75, 3.05) is 13.2 Å². The van der Waals surface area contributed by atoms with E-state index in [0.29, 0.717) is 12.8 Å². The van der Waals surface area contributed by atoms with E-state index in [9.17, 15) is 14.4 Å². The number of carbonyl (C=O) groups is 3. The summed E-state index contributed by atoms with van der Waals surface area (Å²) in [7, 11) is 0. The summed E-state index contributed by atoms with van der Waals surface area (Å²) in [4.78, 5) is 38.0. The highest BCUT2D eigenvalue weighted by Crippen LogP contribution is 2.12. The Balaban J connectivity index is 4.63. The monoisotopic (exact) mass is 921 g/mol. The Hall–Kier alpha value is -4.97. The lowest BCUT2D eigenvalue weighted by Gasteiger charge is -2.18. The van der Waals surface area contributed by atoms with E-state index in [2.05, 4.69) is 112 Å².